The number of ether oxygens (including phenoxy) is 2. The molecule has 6 nitrogen and oxygen atoms in total. The first-order chi connectivity index (χ1) is 13.2. The summed E-state index contributed by atoms with van der Waals surface area (Å²) in [5.74, 6) is 2.12. The van der Waals surface area contributed by atoms with Crippen LogP contribution in [0.2, 0.25) is 0 Å². The number of nitrogens with zero attached hydrogens (tertiary/aromatic N) is 1. The maximum atomic E-state index is 10.3. The summed E-state index contributed by atoms with van der Waals surface area (Å²) in [6, 6.07) is 15.7. The summed E-state index contributed by atoms with van der Waals surface area (Å²) in [6.07, 6.45) is 0.917. The molecule has 3 N–H and O–H groups in total. The molecule has 0 amide bonds. The molecule has 0 aliphatic carbocycles. The Hall–Kier alpha value is -2.73. The van der Waals surface area contributed by atoms with Gasteiger partial charge in [0.05, 0.1) is 25.9 Å². The van der Waals surface area contributed by atoms with E-state index in [1.807, 2.05) is 55.5 Å². The maximum Gasteiger partial charge on any atom is 0.195 e. The fourth-order valence-electron chi connectivity index (χ4n) is 2.83. The number of aliphatic hydroxyl groups is 1. The van der Waals surface area contributed by atoms with Crippen LogP contribution in [0.5, 0.6) is 11.5 Å². The van der Waals surface area contributed by atoms with Gasteiger partial charge >= 0.3 is 0 Å². The Morgan fingerprint density at radius 2 is 1.89 bits per heavy atom. The third kappa shape index (κ3) is 5.89. The van der Waals surface area contributed by atoms with Crippen LogP contribution < -0.4 is 20.1 Å². The van der Waals surface area contributed by atoms with Crippen LogP contribution in [-0.4, -0.2) is 43.5 Å². The second kappa shape index (κ2) is 9.83. The molecule has 1 unspecified atom stereocenters. The van der Waals surface area contributed by atoms with Crippen molar-refractivity contribution in [2.24, 2.45) is 4.99 Å². The summed E-state index contributed by atoms with van der Waals surface area (Å²) in [4.78, 5) is 4.51. The fraction of sp³-hybridized carbons (Fsp3) is 0.381. The van der Waals surface area contributed by atoms with E-state index in [0.29, 0.717) is 32.1 Å². The molecule has 0 saturated heterocycles. The minimum absolute atomic E-state index is 0.314. The number of anilines is 1. The van der Waals surface area contributed by atoms with Gasteiger partial charge in [-0.1, -0.05) is 30.3 Å². The predicted molar refractivity (Wildman–Crippen MR) is 108 cm³/mol. The van der Waals surface area contributed by atoms with Gasteiger partial charge in [-0.15, -0.1) is 0 Å². The monoisotopic (exact) mass is 369 g/mol. The van der Waals surface area contributed by atoms with Crippen molar-refractivity contribution < 1.29 is 14.6 Å². The van der Waals surface area contributed by atoms with Gasteiger partial charge in [0.25, 0.3) is 0 Å². The van der Waals surface area contributed by atoms with Crippen LogP contribution >= 0.6 is 0 Å². The molecular weight excluding hydrogens is 342 g/mol. The maximum absolute atomic E-state index is 10.3. The van der Waals surface area contributed by atoms with Gasteiger partial charge in [0.15, 0.2) is 17.5 Å². The number of nitrogens with one attached hydrogen (secondary N) is 2. The van der Waals surface area contributed by atoms with Crippen molar-refractivity contribution in [3.8, 4) is 11.5 Å². The van der Waals surface area contributed by atoms with Crippen LogP contribution in [0.1, 0.15) is 18.9 Å². The molecule has 6 heteroatoms. The summed E-state index contributed by atoms with van der Waals surface area (Å²) < 4.78 is 11.4. The molecule has 1 heterocycles. The van der Waals surface area contributed by atoms with Crippen molar-refractivity contribution in [2.75, 3.05) is 31.6 Å². The first-order valence-electron chi connectivity index (χ1n) is 9.41. The van der Waals surface area contributed by atoms with Crippen LogP contribution in [0.3, 0.4) is 0 Å². The third-order valence-corrected chi connectivity index (χ3v) is 4.13. The summed E-state index contributed by atoms with van der Waals surface area (Å²) in [5, 5.41) is 16.7. The molecule has 0 saturated carbocycles. The molecule has 0 bridgehead atoms. The van der Waals surface area contributed by atoms with Gasteiger partial charge in [0, 0.05) is 31.1 Å². The van der Waals surface area contributed by atoms with Crippen molar-refractivity contribution in [2.45, 2.75) is 25.9 Å². The van der Waals surface area contributed by atoms with E-state index in [9.17, 15) is 5.11 Å². The summed E-state index contributed by atoms with van der Waals surface area (Å²) in [6.45, 7) is 4.37. The molecule has 0 fully saturated rings. The Balaban J connectivity index is 1.62. The average Bonchev–Trinajstić information content (AvgIpc) is 2.92. The molecule has 1 aliphatic rings. The van der Waals surface area contributed by atoms with E-state index in [1.165, 1.54) is 0 Å². The molecule has 0 spiro atoms. The highest BCUT2D eigenvalue weighted by atomic mass is 16.5. The second-order valence-electron chi connectivity index (χ2n) is 6.40. The van der Waals surface area contributed by atoms with E-state index < -0.39 is 6.10 Å². The second-order valence-corrected chi connectivity index (χ2v) is 6.40. The molecule has 2 aromatic rings. The standard InChI is InChI=1S/C21H27N3O3/c1-2-22-21(23-15-18(25)13-16-7-4-3-5-8-16)24-17-9-10-19-20(14-17)27-12-6-11-26-19/h3-5,7-10,14,18,25H,2,6,11-13,15H2,1H3,(H2,22,23,24). The number of hydrogen-bond acceptors (Lipinski definition) is 4. The molecule has 0 aromatic heterocycles. The average molecular weight is 369 g/mol. The van der Waals surface area contributed by atoms with Crippen molar-refractivity contribution in [3.63, 3.8) is 0 Å². The number of aliphatic hydroxyl groups excluding tert-OH is 1. The normalized spacial score (nSPS) is 15.0. The predicted octanol–water partition coefficient (Wildman–Crippen LogP) is 2.83. The Bertz CT molecular complexity index is 750. The molecular formula is C21H27N3O3. The van der Waals surface area contributed by atoms with Crippen LogP contribution in [0.25, 0.3) is 0 Å². The number of hydrogen-bond donors (Lipinski definition) is 3. The number of guanidine groups is 1. The molecule has 3 rings (SSSR count). The van der Waals surface area contributed by atoms with Gasteiger partial charge in [0.2, 0.25) is 0 Å². The Kier molecular flexibility index (Phi) is 6.93. The van der Waals surface area contributed by atoms with Crippen LogP contribution in [0, 0.1) is 0 Å². The van der Waals surface area contributed by atoms with Crippen LogP contribution in [0.4, 0.5) is 5.69 Å². The zero-order valence-electron chi connectivity index (χ0n) is 15.6. The lowest BCUT2D eigenvalue weighted by atomic mass is 10.1. The Labute approximate surface area is 160 Å². The molecule has 1 atom stereocenters. The number of rotatable bonds is 6. The van der Waals surface area contributed by atoms with Gasteiger partial charge in [-0.3, -0.25) is 4.99 Å². The fourth-order valence-corrected chi connectivity index (χ4v) is 2.83. The van der Waals surface area contributed by atoms with Gasteiger partial charge < -0.3 is 25.2 Å². The SMILES string of the molecule is CCNC(=NCC(O)Cc1ccccc1)Nc1ccc2c(c1)OCCCO2. The zero-order valence-corrected chi connectivity index (χ0v) is 15.6. The highest BCUT2D eigenvalue weighted by Gasteiger charge is 2.12. The van der Waals surface area contributed by atoms with Crippen molar-refractivity contribution in [1.29, 1.82) is 0 Å². The van der Waals surface area contributed by atoms with Crippen molar-refractivity contribution in [1.82, 2.24) is 5.32 Å². The Morgan fingerprint density at radius 1 is 1.11 bits per heavy atom. The number of fused-ring (bicyclic) bond motifs is 1. The van der Waals surface area contributed by atoms with E-state index in [0.717, 1.165) is 35.7 Å². The lowest BCUT2D eigenvalue weighted by Gasteiger charge is -2.15. The topological polar surface area (TPSA) is 75.1 Å². The first kappa shape index (κ1) is 19.0. The minimum Gasteiger partial charge on any atom is -0.490 e. The Morgan fingerprint density at radius 3 is 2.67 bits per heavy atom. The van der Waals surface area contributed by atoms with Gasteiger partial charge in [-0.2, -0.15) is 0 Å². The molecule has 1 aliphatic heterocycles. The molecule has 27 heavy (non-hydrogen) atoms. The largest absolute Gasteiger partial charge is 0.490 e. The van der Waals surface area contributed by atoms with Gasteiger partial charge in [0.1, 0.15) is 0 Å². The molecule has 144 valence electrons. The smallest absolute Gasteiger partial charge is 0.195 e. The zero-order chi connectivity index (χ0) is 18.9. The summed E-state index contributed by atoms with van der Waals surface area (Å²) in [5.41, 5.74) is 1.96. The van der Waals surface area contributed by atoms with E-state index in [4.69, 9.17) is 9.47 Å². The van der Waals surface area contributed by atoms with Crippen molar-refractivity contribution >= 4 is 11.6 Å². The van der Waals surface area contributed by atoms with E-state index in [-0.39, 0.29) is 0 Å². The molecule has 2 aromatic carbocycles. The minimum atomic E-state index is -0.536. The number of aliphatic imine (C=N–C) groups is 1. The van der Waals surface area contributed by atoms with E-state index in [2.05, 4.69) is 15.6 Å². The molecule has 0 radical (unpaired) electrons. The highest BCUT2D eigenvalue weighted by Crippen LogP contribution is 2.32. The lowest BCUT2D eigenvalue weighted by Crippen LogP contribution is -2.32. The van der Waals surface area contributed by atoms with Crippen molar-refractivity contribution in [3.05, 3.63) is 54.1 Å². The van der Waals surface area contributed by atoms with Gasteiger partial charge in [-0.05, 0) is 24.6 Å². The first-order valence-corrected chi connectivity index (χ1v) is 9.41. The lowest BCUT2D eigenvalue weighted by molar-refractivity contribution is 0.184. The third-order valence-electron chi connectivity index (χ3n) is 4.13. The van der Waals surface area contributed by atoms with E-state index in [1.54, 1.807) is 0 Å². The van der Waals surface area contributed by atoms with E-state index >= 15 is 0 Å². The summed E-state index contributed by atoms with van der Waals surface area (Å²) in [7, 11) is 0. The highest BCUT2D eigenvalue weighted by molar-refractivity contribution is 5.93. The van der Waals surface area contributed by atoms with Crippen LogP contribution in [0.15, 0.2) is 53.5 Å². The number of benzene rings is 2. The summed E-state index contributed by atoms with van der Waals surface area (Å²) >= 11 is 0. The van der Waals surface area contributed by atoms with Gasteiger partial charge in [-0.25, -0.2) is 0 Å². The van der Waals surface area contributed by atoms with Crippen LogP contribution in [-0.2, 0) is 6.42 Å². The quantitative estimate of drug-likeness (QED) is 0.539.